The largest absolute Gasteiger partial charge is 0.468 e. The molecule has 0 radical (unpaired) electrons. The fourth-order valence-corrected chi connectivity index (χ4v) is 2.79. The van der Waals surface area contributed by atoms with Gasteiger partial charge in [-0.2, -0.15) is 5.26 Å². The van der Waals surface area contributed by atoms with E-state index in [0.29, 0.717) is 18.8 Å². The van der Waals surface area contributed by atoms with Crippen LogP contribution in [0, 0.1) is 23.0 Å². The van der Waals surface area contributed by atoms with Gasteiger partial charge < -0.3 is 8.98 Å². The number of rotatable bonds is 5. The first-order valence-electron chi connectivity index (χ1n) is 7.44. The molecule has 0 amide bonds. The highest BCUT2D eigenvalue weighted by Crippen LogP contribution is 2.32. The summed E-state index contributed by atoms with van der Waals surface area (Å²) < 4.78 is 34.7. The van der Waals surface area contributed by atoms with Crippen LogP contribution in [0.25, 0.3) is 11.1 Å². The number of nitriles is 1. The molecule has 0 fully saturated rings. The van der Waals surface area contributed by atoms with Crippen LogP contribution in [0.15, 0.2) is 47.3 Å². The number of benzene rings is 1. The molecular weight excluding hydrogens is 348 g/mol. The minimum absolute atomic E-state index is 0.0930. The average molecular weight is 362 g/mol. The molecule has 3 aromatic rings. The number of halogens is 3. The van der Waals surface area contributed by atoms with Crippen molar-refractivity contribution in [3.05, 3.63) is 70.9 Å². The topological polar surface area (TPSA) is 45.1 Å². The van der Waals surface area contributed by atoms with Crippen molar-refractivity contribution in [1.82, 2.24) is 9.47 Å². The van der Waals surface area contributed by atoms with Gasteiger partial charge in [-0.25, -0.2) is 8.78 Å². The van der Waals surface area contributed by atoms with Crippen LogP contribution in [0.1, 0.15) is 11.3 Å². The van der Waals surface area contributed by atoms with Crippen LogP contribution >= 0.6 is 11.6 Å². The van der Waals surface area contributed by atoms with E-state index in [1.165, 1.54) is 6.07 Å². The van der Waals surface area contributed by atoms with Gasteiger partial charge in [0.15, 0.2) is 5.82 Å². The van der Waals surface area contributed by atoms with E-state index < -0.39 is 16.7 Å². The second-order valence-electron chi connectivity index (χ2n) is 5.67. The van der Waals surface area contributed by atoms with Crippen molar-refractivity contribution in [2.75, 3.05) is 7.05 Å². The first-order chi connectivity index (χ1) is 12.0. The van der Waals surface area contributed by atoms with Crippen LogP contribution in [-0.2, 0) is 13.2 Å². The van der Waals surface area contributed by atoms with Crippen LogP contribution < -0.4 is 0 Å². The number of furan rings is 1. The van der Waals surface area contributed by atoms with E-state index in [1.807, 2.05) is 30.1 Å². The molecular formula is C18H14ClF2N3O. The molecule has 1 aromatic carbocycles. The molecule has 0 atom stereocenters. The first kappa shape index (κ1) is 17.2. The Balaban J connectivity index is 1.87. The summed E-state index contributed by atoms with van der Waals surface area (Å²) in [5.74, 6) is -0.898. The Morgan fingerprint density at radius 2 is 2.04 bits per heavy atom. The molecule has 0 N–H and O–H groups in total. The Hall–Kier alpha value is -2.62. The van der Waals surface area contributed by atoms with Crippen LogP contribution in [-0.4, -0.2) is 16.5 Å². The minimum atomic E-state index is -0.875. The third-order valence-corrected chi connectivity index (χ3v) is 4.08. The Morgan fingerprint density at radius 1 is 1.24 bits per heavy atom. The fraction of sp³-hybridized carbons (Fsp3) is 0.167. The van der Waals surface area contributed by atoms with Gasteiger partial charge in [0.2, 0.25) is 0 Å². The Morgan fingerprint density at radius 3 is 2.72 bits per heavy atom. The Kier molecular flexibility index (Phi) is 4.88. The lowest BCUT2D eigenvalue weighted by Crippen LogP contribution is -2.20. The molecule has 3 rings (SSSR count). The zero-order valence-electron chi connectivity index (χ0n) is 13.3. The molecule has 0 saturated heterocycles. The maximum Gasteiger partial charge on any atom is 0.152 e. The first-order valence-corrected chi connectivity index (χ1v) is 7.82. The molecule has 0 spiro atoms. The van der Waals surface area contributed by atoms with Crippen LogP contribution in [0.4, 0.5) is 8.78 Å². The van der Waals surface area contributed by atoms with E-state index in [4.69, 9.17) is 16.0 Å². The Labute approximate surface area is 148 Å². The summed E-state index contributed by atoms with van der Waals surface area (Å²) in [7, 11) is 1.89. The summed E-state index contributed by atoms with van der Waals surface area (Å²) in [6.45, 7) is 1.05. The zero-order chi connectivity index (χ0) is 18.0. The molecule has 4 nitrogen and oxygen atoms in total. The lowest BCUT2D eigenvalue weighted by molar-refractivity contribution is 0.240. The van der Waals surface area contributed by atoms with E-state index in [0.717, 1.165) is 11.8 Å². The maximum absolute atomic E-state index is 14.3. The van der Waals surface area contributed by atoms with E-state index in [2.05, 4.69) is 0 Å². The maximum atomic E-state index is 14.3. The van der Waals surface area contributed by atoms with Gasteiger partial charge in [0, 0.05) is 23.5 Å². The van der Waals surface area contributed by atoms with E-state index in [-0.39, 0.29) is 11.1 Å². The molecule has 0 aliphatic rings. The number of hydrogen-bond donors (Lipinski definition) is 0. The Bertz CT molecular complexity index is 929. The van der Waals surface area contributed by atoms with Gasteiger partial charge in [0.25, 0.3) is 0 Å². The average Bonchev–Trinajstić information content (AvgIpc) is 3.22. The summed E-state index contributed by atoms with van der Waals surface area (Å²) in [5, 5.41) is 8.75. The zero-order valence-corrected chi connectivity index (χ0v) is 14.1. The highest BCUT2D eigenvalue weighted by atomic mass is 35.5. The van der Waals surface area contributed by atoms with Gasteiger partial charge in [-0.3, -0.25) is 4.90 Å². The molecule has 2 aromatic heterocycles. The summed E-state index contributed by atoms with van der Waals surface area (Å²) in [4.78, 5) is 1.97. The summed E-state index contributed by atoms with van der Waals surface area (Å²) in [6.07, 6.45) is 4.86. The molecule has 128 valence electrons. The van der Waals surface area contributed by atoms with Gasteiger partial charge in [0.05, 0.1) is 25.0 Å². The molecule has 25 heavy (non-hydrogen) atoms. The van der Waals surface area contributed by atoms with Gasteiger partial charge in [-0.15, -0.1) is 0 Å². The molecule has 0 aliphatic heterocycles. The summed E-state index contributed by atoms with van der Waals surface area (Å²) in [6, 6.07) is 8.08. The van der Waals surface area contributed by atoms with Crippen molar-refractivity contribution in [3.8, 4) is 17.2 Å². The normalized spacial score (nSPS) is 11.0. The van der Waals surface area contributed by atoms with Gasteiger partial charge >= 0.3 is 0 Å². The van der Waals surface area contributed by atoms with Crippen molar-refractivity contribution in [2.45, 2.75) is 13.2 Å². The minimum Gasteiger partial charge on any atom is -0.468 e. The van der Waals surface area contributed by atoms with Gasteiger partial charge in [-0.05, 0) is 31.3 Å². The molecule has 7 heteroatoms. The smallest absolute Gasteiger partial charge is 0.152 e. The quantitative estimate of drug-likeness (QED) is 0.622. The standard InChI is InChI=1S/C18H14ClF2N3O/c1-23(9-13-3-2-6-25-13)11-24-8-12(7-22)15(10-24)14-4-5-16(20)17(19)18(14)21/h2-6,8,10H,9,11H2,1H3. The van der Waals surface area contributed by atoms with E-state index in [1.54, 1.807) is 23.2 Å². The van der Waals surface area contributed by atoms with Crippen molar-refractivity contribution in [1.29, 1.82) is 5.26 Å². The molecule has 0 saturated carbocycles. The highest BCUT2D eigenvalue weighted by molar-refractivity contribution is 6.31. The monoisotopic (exact) mass is 361 g/mol. The summed E-state index contributed by atoms with van der Waals surface area (Å²) in [5.41, 5.74) is 0.747. The SMILES string of the molecule is CN(Cc1ccco1)Cn1cc(C#N)c(-c2ccc(F)c(Cl)c2F)c1. The van der Waals surface area contributed by atoms with Crippen molar-refractivity contribution < 1.29 is 13.2 Å². The molecule has 0 unspecified atom stereocenters. The molecule has 0 aliphatic carbocycles. The van der Waals surface area contributed by atoms with E-state index in [9.17, 15) is 14.0 Å². The summed E-state index contributed by atoms with van der Waals surface area (Å²) >= 11 is 5.64. The van der Waals surface area contributed by atoms with Gasteiger partial charge in [0.1, 0.15) is 22.7 Å². The lowest BCUT2D eigenvalue weighted by Gasteiger charge is -2.15. The highest BCUT2D eigenvalue weighted by Gasteiger charge is 2.18. The van der Waals surface area contributed by atoms with E-state index >= 15 is 0 Å². The van der Waals surface area contributed by atoms with Crippen molar-refractivity contribution in [2.24, 2.45) is 0 Å². The molecule has 2 heterocycles. The van der Waals surface area contributed by atoms with Crippen LogP contribution in [0.2, 0.25) is 5.02 Å². The third kappa shape index (κ3) is 3.58. The predicted octanol–water partition coefficient (Wildman–Crippen LogP) is 4.64. The van der Waals surface area contributed by atoms with Crippen molar-refractivity contribution >= 4 is 11.6 Å². The van der Waals surface area contributed by atoms with Gasteiger partial charge in [-0.1, -0.05) is 11.6 Å². The third-order valence-electron chi connectivity index (χ3n) is 3.74. The van der Waals surface area contributed by atoms with Crippen LogP contribution in [0.5, 0.6) is 0 Å². The lowest BCUT2D eigenvalue weighted by atomic mass is 10.0. The number of aromatic nitrogens is 1. The predicted molar refractivity (Wildman–Crippen MR) is 89.7 cm³/mol. The van der Waals surface area contributed by atoms with Crippen molar-refractivity contribution in [3.63, 3.8) is 0 Å². The number of hydrogen-bond acceptors (Lipinski definition) is 3. The van der Waals surface area contributed by atoms with Crippen LogP contribution in [0.3, 0.4) is 0 Å². The second kappa shape index (κ2) is 7.09. The second-order valence-corrected chi connectivity index (χ2v) is 6.05. The fourth-order valence-electron chi connectivity index (χ4n) is 2.62. The molecule has 0 bridgehead atoms. The number of nitrogens with zero attached hydrogens (tertiary/aromatic N) is 3.